The normalized spacial score (nSPS) is 12.3. The molecule has 2 aliphatic rings. The molecule has 0 amide bonds. The number of carbonyl (C=O) groups is 1. The number of benzene rings is 1. The molecule has 0 atom stereocenters. The Labute approximate surface area is 69.9 Å². The molecule has 0 unspecified atom stereocenters. The maximum Gasteiger partial charge on any atom is 0.197 e. The molecular formula is C9H8O3. The highest BCUT2D eigenvalue weighted by Crippen LogP contribution is 2.39. The fourth-order valence-electron chi connectivity index (χ4n) is 1.34. The van der Waals surface area contributed by atoms with Gasteiger partial charge in [0.1, 0.15) is 0 Å². The minimum absolute atomic E-state index is 0.0488. The molecule has 0 N–H and O–H groups in total. The van der Waals surface area contributed by atoms with Crippen LogP contribution in [0.5, 0.6) is 11.5 Å². The number of fused-ring (bicyclic) bond motifs is 2. The molecule has 12 heavy (non-hydrogen) atoms. The molecule has 0 saturated heterocycles. The summed E-state index contributed by atoms with van der Waals surface area (Å²) in [5, 5.41) is 0. The van der Waals surface area contributed by atoms with Crippen LogP contribution in [0.1, 0.15) is 15.9 Å². The van der Waals surface area contributed by atoms with E-state index in [-0.39, 0.29) is 5.78 Å². The lowest BCUT2D eigenvalue weighted by Crippen LogP contribution is -2.15. The van der Waals surface area contributed by atoms with Crippen molar-refractivity contribution in [1.29, 1.82) is 0 Å². The van der Waals surface area contributed by atoms with Crippen molar-refractivity contribution in [3.63, 3.8) is 0 Å². The number of hydrogen-bond donors (Lipinski definition) is 0. The van der Waals surface area contributed by atoms with Gasteiger partial charge in [0.05, 0.1) is 19.8 Å². The third kappa shape index (κ3) is 0.679. The van der Waals surface area contributed by atoms with Crippen molar-refractivity contribution < 1.29 is 14.3 Å². The van der Waals surface area contributed by atoms with Crippen LogP contribution in [-0.4, -0.2) is 20.0 Å². The van der Waals surface area contributed by atoms with Crippen molar-refractivity contribution in [3.05, 3.63) is 23.3 Å². The lowest BCUT2D eigenvalue weighted by molar-refractivity contribution is 0.102. The second-order valence-corrected chi connectivity index (χ2v) is 2.59. The van der Waals surface area contributed by atoms with Crippen molar-refractivity contribution >= 4 is 5.78 Å². The van der Waals surface area contributed by atoms with Gasteiger partial charge in [-0.3, -0.25) is 4.79 Å². The van der Waals surface area contributed by atoms with E-state index < -0.39 is 0 Å². The zero-order valence-electron chi connectivity index (χ0n) is 6.88. The lowest BCUT2D eigenvalue weighted by atomic mass is 9.90. The van der Waals surface area contributed by atoms with Gasteiger partial charge in [-0.05, 0) is 12.1 Å². The summed E-state index contributed by atoms with van der Waals surface area (Å²) >= 11 is 0. The second-order valence-electron chi connectivity index (χ2n) is 2.59. The van der Waals surface area contributed by atoms with Gasteiger partial charge >= 0.3 is 0 Å². The molecule has 0 spiro atoms. The Bertz CT molecular complexity index is 355. The van der Waals surface area contributed by atoms with Gasteiger partial charge < -0.3 is 9.47 Å². The summed E-state index contributed by atoms with van der Waals surface area (Å²) in [4.78, 5) is 11.2. The zero-order valence-corrected chi connectivity index (χ0v) is 6.88. The van der Waals surface area contributed by atoms with Crippen molar-refractivity contribution in [2.24, 2.45) is 0 Å². The fraction of sp³-hybridized carbons (Fsp3) is 0.222. The van der Waals surface area contributed by atoms with Crippen LogP contribution in [-0.2, 0) is 0 Å². The minimum Gasteiger partial charge on any atom is -0.493 e. The fourth-order valence-corrected chi connectivity index (χ4v) is 1.34. The molecule has 0 fully saturated rings. The van der Waals surface area contributed by atoms with Crippen LogP contribution in [0.2, 0.25) is 0 Å². The Morgan fingerprint density at radius 3 is 2.42 bits per heavy atom. The van der Waals surface area contributed by atoms with Crippen LogP contribution < -0.4 is 9.47 Å². The Kier molecular flexibility index (Phi) is 1.33. The molecule has 1 aromatic carbocycles. The van der Waals surface area contributed by atoms with Gasteiger partial charge in [-0.2, -0.15) is 0 Å². The molecule has 3 heteroatoms. The first kappa shape index (κ1) is 7.16. The number of methoxy groups -OCH3 is 2. The van der Waals surface area contributed by atoms with Crippen LogP contribution >= 0.6 is 0 Å². The van der Waals surface area contributed by atoms with Gasteiger partial charge in [0.2, 0.25) is 0 Å². The smallest absolute Gasteiger partial charge is 0.197 e. The summed E-state index contributed by atoms with van der Waals surface area (Å²) in [5.74, 6) is 1.22. The highest BCUT2D eigenvalue weighted by atomic mass is 16.5. The molecule has 2 aliphatic carbocycles. The third-order valence-corrected chi connectivity index (χ3v) is 1.99. The molecule has 0 aliphatic heterocycles. The van der Waals surface area contributed by atoms with E-state index in [4.69, 9.17) is 9.47 Å². The van der Waals surface area contributed by atoms with Crippen LogP contribution in [0.3, 0.4) is 0 Å². The Morgan fingerprint density at radius 1 is 1.17 bits per heavy atom. The summed E-state index contributed by atoms with van der Waals surface area (Å²) in [6.07, 6.45) is 0. The molecule has 3 rings (SSSR count). The summed E-state index contributed by atoms with van der Waals surface area (Å²) in [6, 6.07) is 3.48. The van der Waals surface area contributed by atoms with Gasteiger partial charge in [0, 0.05) is 5.56 Å². The van der Waals surface area contributed by atoms with Gasteiger partial charge in [-0.1, -0.05) is 0 Å². The van der Waals surface area contributed by atoms with E-state index >= 15 is 0 Å². The molecule has 0 radical (unpaired) electrons. The van der Waals surface area contributed by atoms with Crippen LogP contribution in [0.15, 0.2) is 12.1 Å². The standard InChI is InChI=1S/C9H8O3/c1-11-7-4-5-3-6(8(5)10)9(7)12-2/h3-4H,1-2H3. The van der Waals surface area contributed by atoms with Crippen molar-refractivity contribution in [3.8, 4) is 11.5 Å². The quantitative estimate of drug-likeness (QED) is 0.670. The Hall–Kier alpha value is -1.51. The summed E-state index contributed by atoms with van der Waals surface area (Å²) in [5.41, 5.74) is 1.31. The SMILES string of the molecule is COc1cc2cc(c1OC)C2=O. The first-order valence-electron chi connectivity index (χ1n) is 3.58. The van der Waals surface area contributed by atoms with Gasteiger partial charge in [-0.15, -0.1) is 0 Å². The Morgan fingerprint density at radius 2 is 1.92 bits per heavy atom. The zero-order chi connectivity index (χ0) is 8.72. The van der Waals surface area contributed by atoms with Crippen LogP contribution in [0, 0.1) is 0 Å². The minimum atomic E-state index is 0.0488. The number of rotatable bonds is 2. The van der Waals surface area contributed by atoms with Crippen molar-refractivity contribution in [2.45, 2.75) is 0 Å². The van der Waals surface area contributed by atoms with E-state index in [0.29, 0.717) is 22.6 Å². The van der Waals surface area contributed by atoms with Crippen molar-refractivity contribution in [1.82, 2.24) is 0 Å². The van der Waals surface area contributed by atoms with Gasteiger partial charge in [0.15, 0.2) is 17.3 Å². The number of ketones is 1. The van der Waals surface area contributed by atoms with E-state index in [1.807, 2.05) is 0 Å². The highest BCUT2D eigenvalue weighted by Gasteiger charge is 2.28. The molecular weight excluding hydrogens is 156 g/mol. The number of carbonyl (C=O) groups excluding carboxylic acids is 1. The maximum absolute atomic E-state index is 11.2. The number of hydrogen-bond acceptors (Lipinski definition) is 3. The average molecular weight is 164 g/mol. The molecule has 3 nitrogen and oxygen atoms in total. The summed E-state index contributed by atoms with van der Waals surface area (Å²) in [7, 11) is 3.08. The molecule has 0 aromatic heterocycles. The van der Waals surface area contributed by atoms with E-state index in [9.17, 15) is 4.79 Å². The molecule has 1 aromatic rings. The van der Waals surface area contributed by atoms with Crippen molar-refractivity contribution in [2.75, 3.05) is 14.2 Å². The molecule has 0 saturated carbocycles. The van der Waals surface area contributed by atoms with E-state index in [1.54, 1.807) is 19.2 Å². The van der Waals surface area contributed by atoms with E-state index in [1.165, 1.54) is 7.11 Å². The first-order valence-corrected chi connectivity index (χ1v) is 3.58. The van der Waals surface area contributed by atoms with Crippen LogP contribution in [0.25, 0.3) is 0 Å². The molecule has 62 valence electrons. The molecule has 2 bridgehead atoms. The van der Waals surface area contributed by atoms with E-state index in [2.05, 4.69) is 0 Å². The van der Waals surface area contributed by atoms with Gasteiger partial charge in [-0.25, -0.2) is 0 Å². The Balaban J connectivity index is 2.59. The number of ether oxygens (including phenoxy) is 2. The third-order valence-electron chi connectivity index (χ3n) is 1.99. The average Bonchev–Trinajstić information content (AvgIpc) is 2.15. The first-order chi connectivity index (χ1) is 5.77. The largest absolute Gasteiger partial charge is 0.493 e. The lowest BCUT2D eigenvalue weighted by Gasteiger charge is -2.19. The summed E-state index contributed by atoms with van der Waals surface area (Å²) in [6.45, 7) is 0. The topological polar surface area (TPSA) is 35.5 Å². The predicted octanol–water partition coefficient (Wildman–Crippen LogP) is 1.25. The van der Waals surface area contributed by atoms with Gasteiger partial charge in [0.25, 0.3) is 0 Å². The highest BCUT2D eigenvalue weighted by molar-refractivity contribution is 6.19. The van der Waals surface area contributed by atoms with E-state index in [0.717, 1.165) is 0 Å². The predicted molar refractivity (Wildman–Crippen MR) is 43.0 cm³/mol. The summed E-state index contributed by atoms with van der Waals surface area (Å²) < 4.78 is 10.1. The second kappa shape index (κ2) is 2.24. The maximum atomic E-state index is 11.2. The van der Waals surface area contributed by atoms with Crippen LogP contribution in [0.4, 0.5) is 0 Å². The monoisotopic (exact) mass is 164 g/mol. The molecule has 0 heterocycles.